The van der Waals surface area contributed by atoms with Gasteiger partial charge in [-0.05, 0) is 25.0 Å². The van der Waals surface area contributed by atoms with E-state index in [1.807, 2.05) is 0 Å². The quantitative estimate of drug-likeness (QED) is 0.793. The number of rotatable bonds is 3. The van der Waals surface area contributed by atoms with Gasteiger partial charge in [-0.25, -0.2) is 8.42 Å². The topological polar surface area (TPSA) is 83.6 Å². The second-order valence-corrected chi connectivity index (χ2v) is 6.93. The molecule has 104 valence electrons. The van der Waals surface area contributed by atoms with E-state index in [0.717, 1.165) is 0 Å². The molecule has 1 aliphatic rings. The number of sulfonamides is 1. The van der Waals surface area contributed by atoms with Crippen molar-refractivity contribution < 1.29 is 13.5 Å². The molecule has 0 bridgehead atoms. The zero-order valence-corrected chi connectivity index (χ0v) is 12.0. The van der Waals surface area contributed by atoms with Crippen LogP contribution < -0.4 is 5.73 Å². The van der Waals surface area contributed by atoms with Crippen molar-refractivity contribution in [2.75, 3.05) is 13.1 Å². The van der Waals surface area contributed by atoms with Gasteiger partial charge in [-0.2, -0.15) is 4.31 Å². The minimum Gasteiger partial charge on any atom is -0.392 e. The smallest absolute Gasteiger partial charge is 0.243 e. The number of aliphatic hydroxyl groups is 1. The molecule has 7 heteroatoms. The summed E-state index contributed by atoms with van der Waals surface area (Å²) in [5.74, 6) is 0. The predicted octanol–water partition coefficient (Wildman–Crippen LogP) is 0.466. The third kappa shape index (κ3) is 3.11. The Morgan fingerprint density at radius 1 is 1.47 bits per heavy atom. The standard InChI is InChI=1S/C12H16N2O3S2/c13-12(18)9-3-1-5-11(7-9)19(16,17)14-6-2-4-10(15)8-14/h1,3,5,7,10,15H,2,4,6,8H2,(H2,13,18). The largest absolute Gasteiger partial charge is 0.392 e. The first-order chi connectivity index (χ1) is 8.91. The fraction of sp³-hybridized carbons (Fsp3) is 0.417. The molecular weight excluding hydrogens is 284 g/mol. The molecule has 0 amide bonds. The molecule has 5 nitrogen and oxygen atoms in total. The Labute approximate surface area is 118 Å². The van der Waals surface area contributed by atoms with Crippen molar-refractivity contribution in [3.8, 4) is 0 Å². The van der Waals surface area contributed by atoms with Gasteiger partial charge in [-0.1, -0.05) is 24.4 Å². The molecule has 0 aromatic heterocycles. The summed E-state index contributed by atoms with van der Waals surface area (Å²) in [5, 5.41) is 9.59. The second-order valence-electron chi connectivity index (χ2n) is 4.55. The molecule has 0 saturated carbocycles. The molecule has 1 unspecified atom stereocenters. The van der Waals surface area contributed by atoms with E-state index in [4.69, 9.17) is 18.0 Å². The van der Waals surface area contributed by atoms with Crippen LogP contribution in [0.25, 0.3) is 0 Å². The molecule has 0 aliphatic carbocycles. The summed E-state index contributed by atoms with van der Waals surface area (Å²) >= 11 is 4.85. The van der Waals surface area contributed by atoms with Crippen LogP contribution in [-0.2, 0) is 10.0 Å². The molecule has 2 rings (SSSR count). The van der Waals surface area contributed by atoms with Crippen molar-refractivity contribution in [1.29, 1.82) is 0 Å². The van der Waals surface area contributed by atoms with Crippen molar-refractivity contribution in [2.24, 2.45) is 5.73 Å². The predicted molar refractivity (Wildman–Crippen MR) is 76.3 cm³/mol. The first-order valence-electron chi connectivity index (χ1n) is 5.99. The van der Waals surface area contributed by atoms with E-state index in [2.05, 4.69) is 0 Å². The summed E-state index contributed by atoms with van der Waals surface area (Å²) in [7, 11) is -3.59. The van der Waals surface area contributed by atoms with E-state index >= 15 is 0 Å². The third-order valence-electron chi connectivity index (χ3n) is 3.12. The lowest BCUT2D eigenvalue weighted by Gasteiger charge is -2.29. The van der Waals surface area contributed by atoms with Gasteiger partial charge in [0.2, 0.25) is 10.0 Å². The van der Waals surface area contributed by atoms with Crippen LogP contribution in [0, 0.1) is 0 Å². The van der Waals surface area contributed by atoms with Gasteiger partial charge < -0.3 is 10.8 Å². The van der Waals surface area contributed by atoms with Crippen LogP contribution in [0.2, 0.25) is 0 Å². The molecule has 1 aliphatic heterocycles. The fourth-order valence-electron chi connectivity index (χ4n) is 2.10. The van der Waals surface area contributed by atoms with E-state index in [0.29, 0.717) is 24.9 Å². The number of thiocarbonyl (C=S) groups is 1. The Morgan fingerprint density at radius 2 is 2.21 bits per heavy atom. The summed E-state index contributed by atoms with van der Waals surface area (Å²) in [6, 6.07) is 6.27. The van der Waals surface area contributed by atoms with E-state index in [1.54, 1.807) is 12.1 Å². The monoisotopic (exact) mass is 300 g/mol. The lowest BCUT2D eigenvalue weighted by atomic mass is 10.1. The van der Waals surface area contributed by atoms with Crippen LogP contribution in [0.3, 0.4) is 0 Å². The van der Waals surface area contributed by atoms with E-state index in [9.17, 15) is 13.5 Å². The van der Waals surface area contributed by atoms with Crippen molar-refractivity contribution in [3.05, 3.63) is 29.8 Å². The molecule has 0 radical (unpaired) electrons. The zero-order chi connectivity index (χ0) is 14.0. The van der Waals surface area contributed by atoms with Gasteiger partial charge in [0.1, 0.15) is 4.99 Å². The van der Waals surface area contributed by atoms with Crippen molar-refractivity contribution in [1.82, 2.24) is 4.31 Å². The number of hydrogen-bond acceptors (Lipinski definition) is 4. The number of hydrogen-bond donors (Lipinski definition) is 2. The first-order valence-corrected chi connectivity index (χ1v) is 7.84. The Bertz CT molecular complexity index is 586. The molecule has 19 heavy (non-hydrogen) atoms. The minimum absolute atomic E-state index is 0.139. The highest BCUT2D eigenvalue weighted by atomic mass is 32.2. The van der Waals surface area contributed by atoms with Crippen molar-refractivity contribution >= 4 is 27.2 Å². The van der Waals surface area contributed by atoms with Crippen LogP contribution in [0.5, 0.6) is 0 Å². The lowest BCUT2D eigenvalue weighted by molar-refractivity contribution is 0.108. The highest BCUT2D eigenvalue weighted by Gasteiger charge is 2.29. The maximum atomic E-state index is 12.4. The SMILES string of the molecule is NC(=S)c1cccc(S(=O)(=O)N2CCCC(O)C2)c1. The van der Waals surface area contributed by atoms with Gasteiger partial charge in [0, 0.05) is 18.7 Å². The van der Waals surface area contributed by atoms with Gasteiger partial charge in [0.25, 0.3) is 0 Å². The van der Waals surface area contributed by atoms with Crippen molar-refractivity contribution in [2.45, 2.75) is 23.8 Å². The molecule has 1 fully saturated rings. The van der Waals surface area contributed by atoms with Crippen LogP contribution in [-0.4, -0.2) is 42.0 Å². The van der Waals surface area contributed by atoms with E-state index in [-0.39, 0.29) is 16.4 Å². The number of nitrogens with two attached hydrogens (primary N) is 1. The molecule has 1 atom stereocenters. The number of β-amino-alcohol motifs (C(OH)–C–C–N with tert-alkyl or cyclic N) is 1. The number of benzene rings is 1. The van der Waals surface area contributed by atoms with Gasteiger partial charge in [0.15, 0.2) is 0 Å². The molecule has 1 aromatic rings. The Kier molecular flexibility index (Phi) is 4.19. The molecule has 1 saturated heterocycles. The normalized spacial score (nSPS) is 21.2. The fourth-order valence-corrected chi connectivity index (χ4v) is 3.79. The maximum absolute atomic E-state index is 12.4. The molecule has 0 spiro atoms. The van der Waals surface area contributed by atoms with Gasteiger partial charge in [0.05, 0.1) is 11.0 Å². The lowest BCUT2D eigenvalue weighted by Crippen LogP contribution is -2.42. The number of aliphatic hydroxyl groups excluding tert-OH is 1. The third-order valence-corrected chi connectivity index (χ3v) is 5.21. The zero-order valence-electron chi connectivity index (χ0n) is 10.3. The van der Waals surface area contributed by atoms with Gasteiger partial charge in [-0.3, -0.25) is 0 Å². The number of piperidine rings is 1. The van der Waals surface area contributed by atoms with Gasteiger partial charge in [-0.15, -0.1) is 0 Å². The summed E-state index contributed by atoms with van der Waals surface area (Å²) in [6.45, 7) is 0.566. The van der Waals surface area contributed by atoms with Crippen LogP contribution in [0.1, 0.15) is 18.4 Å². The average Bonchev–Trinajstić information content (AvgIpc) is 2.39. The minimum atomic E-state index is -3.59. The van der Waals surface area contributed by atoms with Gasteiger partial charge >= 0.3 is 0 Å². The highest BCUT2D eigenvalue weighted by molar-refractivity contribution is 7.89. The first kappa shape index (κ1) is 14.4. The highest BCUT2D eigenvalue weighted by Crippen LogP contribution is 2.21. The summed E-state index contributed by atoms with van der Waals surface area (Å²) in [6.07, 6.45) is 0.705. The molecule has 3 N–H and O–H groups in total. The Hall–Kier alpha value is -1.02. The molecule has 1 aromatic carbocycles. The van der Waals surface area contributed by atoms with Crippen LogP contribution >= 0.6 is 12.2 Å². The summed E-state index contributed by atoms with van der Waals surface area (Å²) in [4.78, 5) is 0.322. The van der Waals surface area contributed by atoms with Crippen molar-refractivity contribution in [3.63, 3.8) is 0 Å². The van der Waals surface area contributed by atoms with Crippen LogP contribution in [0.15, 0.2) is 29.2 Å². The summed E-state index contributed by atoms with van der Waals surface area (Å²) < 4.78 is 26.2. The molecular formula is C12H16N2O3S2. The second kappa shape index (κ2) is 5.54. The number of nitrogens with zero attached hydrogens (tertiary/aromatic N) is 1. The Morgan fingerprint density at radius 3 is 2.84 bits per heavy atom. The van der Waals surface area contributed by atoms with Crippen LogP contribution in [0.4, 0.5) is 0 Å². The Balaban J connectivity index is 2.33. The maximum Gasteiger partial charge on any atom is 0.243 e. The summed E-state index contributed by atoms with van der Waals surface area (Å²) in [5.41, 5.74) is 6.03. The van der Waals surface area contributed by atoms with E-state index < -0.39 is 16.1 Å². The van der Waals surface area contributed by atoms with E-state index in [1.165, 1.54) is 16.4 Å². The molecule has 1 heterocycles. The average molecular weight is 300 g/mol.